The fourth-order valence-electron chi connectivity index (χ4n) is 3.58. The van der Waals surface area contributed by atoms with E-state index in [0.29, 0.717) is 12.4 Å². The summed E-state index contributed by atoms with van der Waals surface area (Å²) in [4.78, 5) is 26.5. The lowest BCUT2D eigenvalue weighted by Crippen LogP contribution is -2.42. The van der Waals surface area contributed by atoms with Gasteiger partial charge in [0, 0.05) is 12.7 Å². The first-order valence-corrected chi connectivity index (χ1v) is 10.8. The number of ether oxygens (including phenoxy) is 3. The maximum atomic E-state index is 12.9. The Kier molecular flexibility index (Phi) is 8.28. The average Bonchev–Trinajstić information content (AvgIpc) is 3.28. The van der Waals surface area contributed by atoms with Gasteiger partial charge in [0.1, 0.15) is 11.5 Å². The van der Waals surface area contributed by atoms with Crippen molar-refractivity contribution in [3.8, 4) is 11.5 Å². The minimum Gasteiger partial charge on any atom is -0.494 e. The van der Waals surface area contributed by atoms with E-state index in [4.69, 9.17) is 9.47 Å². The van der Waals surface area contributed by atoms with Gasteiger partial charge in [0.2, 0.25) is 0 Å². The largest absolute Gasteiger partial charge is 0.573 e. The minimum absolute atomic E-state index is 0.130. The Balaban J connectivity index is 1.73. The first kappa shape index (κ1) is 25.9. The van der Waals surface area contributed by atoms with Crippen LogP contribution in [0.1, 0.15) is 24.9 Å². The van der Waals surface area contributed by atoms with Crippen LogP contribution in [-0.4, -0.2) is 61.7 Å². The highest BCUT2D eigenvalue weighted by molar-refractivity contribution is 5.89. The molecule has 0 aliphatic carbocycles. The van der Waals surface area contributed by atoms with Crippen molar-refractivity contribution in [2.75, 3.05) is 32.6 Å². The molecular weight excluding hydrogens is 469 g/mol. The molecule has 2 unspecified atom stereocenters. The maximum Gasteiger partial charge on any atom is 0.573 e. The number of nitrogens with one attached hydrogen (secondary N) is 2. The molecule has 0 bridgehead atoms. The number of hydrogen-bond acceptors (Lipinski definition) is 6. The van der Waals surface area contributed by atoms with Crippen molar-refractivity contribution in [2.45, 2.75) is 31.8 Å². The van der Waals surface area contributed by atoms with E-state index >= 15 is 0 Å². The number of amides is 3. The number of carbonyl (C=O) groups excluding carboxylic acids is 2. The third-order valence-corrected chi connectivity index (χ3v) is 5.31. The Hall–Kier alpha value is -3.67. The molecule has 35 heavy (non-hydrogen) atoms. The Morgan fingerprint density at radius 2 is 1.74 bits per heavy atom. The summed E-state index contributed by atoms with van der Waals surface area (Å²) < 4.78 is 51.3. The van der Waals surface area contributed by atoms with E-state index in [1.54, 1.807) is 7.05 Å². The van der Waals surface area contributed by atoms with Crippen molar-refractivity contribution in [3.05, 3.63) is 54.1 Å². The van der Waals surface area contributed by atoms with E-state index in [2.05, 4.69) is 15.5 Å². The number of nitrogens with zero attached hydrogens (tertiary/aromatic N) is 2. The molecule has 2 atom stereocenters. The molecule has 1 aliphatic heterocycles. The third kappa shape index (κ3) is 6.92. The molecule has 3 amide bonds. The number of carbonyl (C=O) groups is 2. The smallest absolute Gasteiger partial charge is 0.494 e. The van der Waals surface area contributed by atoms with Crippen molar-refractivity contribution in [1.29, 1.82) is 0 Å². The fourth-order valence-corrected chi connectivity index (χ4v) is 3.58. The van der Waals surface area contributed by atoms with Gasteiger partial charge in [-0.05, 0) is 48.4 Å². The number of anilines is 1. The molecule has 0 saturated carbocycles. The summed E-state index contributed by atoms with van der Waals surface area (Å²) in [6.45, 7) is 2.73. The van der Waals surface area contributed by atoms with Crippen LogP contribution in [-0.2, 0) is 4.74 Å². The summed E-state index contributed by atoms with van der Waals surface area (Å²) in [5, 5.41) is 3.92. The lowest BCUT2D eigenvalue weighted by Gasteiger charge is -2.27. The van der Waals surface area contributed by atoms with Crippen LogP contribution in [0.15, 0.2) is 48.5 Å². The van der Waals surface area contributed by atoms with Crippen molar-refractivity contribution in [3.63, 3.8) is 0 Å². The van der Waals surface area contributed by atoms with Crippen LogP contribution in [0.3, 0.4) is 0 Å². The fraction of sp³-hybridized carbons (Fsp3) is 0.391. The number of hydrogen-bond donors (Lipinski definition) is 2. The van der Waals surface area contributed by atoms with E-state index in [1.165, 1.54) is 29.2 Å². The summed E-state index contributed by atoms with van der Waals surface area (Å²) >= 11 is 0. The molecule has 9 nitrogen and oxygen atoms in total. The highest BCUT2D eigenvalue weighted by atomic mass is 19.4. The lowest BCUT2D eigenvalue weighted by molar-refractivity contribution is -0.274. The average molecular weight is 496 g/mol. The molecule has 2 aromatic rings. The number of likely N-dealkylation sites (N-methyl/N-ethyl adjacent to an activating group) is 1. The Bertz CT molecular complexity index is 1000. The number of hydrazine groups is 1. The second-order valence-corrected chi connectivity index (χ2v) is 7.79. The van der Waals surface area contributed by atoms with Gasteiger partial charge < -0.3 is 24.4 Å². The van der Waals surface area contributed by atoms with Crippen LogP contribution in [0.4, 0.5) is 28.4 Å². The summed E-state index contributed by atoms with van der Waals surface area (Å²) in [6, 6.07) is 10.7. The van der Waals surface area contributed by atoms with Crippen LogP contribution < -0.4 is 20.2 Å². The lowest BCUT2D eigenvalue weighted by atomic mass is 10.0. The zero-order valence-electron chi connectivity index (χ0n) is 19.5. The zero-order chi connectivity index (χ0) is 25.6. The van der Waals surface area contributed by atoms with Gasteiger partial charge in [-0.25, -0.2) is 15.0 Å². The predicted octanol–water partition coefficient (Wildman–Crippen LogP) is 4.53. The van der Waals surface area contributed by atoms with Gasteiger partial charge in [-0.1, -0.05) is 19.1 Å². The first-order chi connectivity index (χ1) is 16.6. The van der Waals surface area contributed by atoms with Crippen molar-refractivity contribution >= 4 is 17.8 Å². The second-order valence-electron chi connectivity index (χ2n) is 7.79. The van der Waals surface area contributed by atoms with Gasteiger partial charge in [0.05, 0.1) is 32.3 Å². The molecule has 3 rings (SSSR count). The van der Waals surface area contributed by atoms with Gasteiger partial charge in [-0.2, -0.15) is 0 Å². The number of rotatable bonds is 7. The molecule has 0 spiro atoms. The number of methoxy groups -OCH3 is 1. The summed E-state index contributed by atoms with van der Waals surface area (Å²) in [7, 11) is 2.84. The molecular formula is C23H27F3N4O5. The number of urea groups is 1. The number of benzene rings is 2. The van der Waals surface area contributed by atoms with Gasteiger partial charge in [0.15, 0.2) is 0 Å². The molecule has 2 N–H and O–H groups in total. The topological polar surface area (TPSA) is 92.4 Å². The molecule has 190 valence electrons. The summed E-state index contributed by atoms with van der Waals surface area (Å²) in [5.41, 5.74) is 4.19. The van der Waals surface area contributed by atoms with Crippen LogP contribution in [0.25, 0.3) is 0 Å². The van der Waals surface area contributed by atoms with Crippen molar-refractivity contribution in [2.24, 2.45) is 0 Å². The van der Waals surface area contributed by atoms with Crippen LogP contribution in [0, 0.1) is 0 Å². The van der Waals surface area contributed by atoms with Crippen LogP contribution in [0.2, 0.25) is 0 Å². The van der Waals surface area contributed by atoms with Gasteiger partial charge in [-0.3, -0.25) is 5.01 Å². The molecule has 1 aliphatic rings. The molecule has 1 fully saturated rings. The number of halogens is 3. The summed E-state index contributed by atoms with van der Waals surface area (Å²) in [5.74, 6) is 0.306. The predicted molar refractivity (Wildman–Crippen MR) is 121 cm³/mol. The SMILES string of the molecule is CCCOc1ccc(C2NN(C(=O)Nc3ccc(OC(F)(F)F)cc3)CC2N(C)C(=O)OC)cc1. The first-order valence-electron chi connectivity index (χ1n) is 10.8. The van der Waals surface area contributed by atoms with Crippen molar-refractivity contribution < 1.29 is 37.0 Å². The van der Waals surface area contributed by atoms with E-state index in [0.717, 1.165) is 24.1 Å². The van der Waals surface area contributed by atoms with Gasteiger partial charge in [0.25, 0.3) is 0 Å². The Morgan fingerprint density at radius 3 is 2.31 bits per heavy atom. The van der Waals surface area contributed by atoms with E-state index in [9.17, 15) is 22.8 Å². The normalized spacial score (nSPS) is 17.6. The highest BCUT2D eigenvalue weighted by Crippen LogP contribution is 2.29. The van der Waals surface area contributed by atoms with Gasteiger partial charge in [-0.15, -0.1) is 13.2 Å². The standard InChI is InChI=1S/C23H27F3N4O5/c1-4-13-34-17-9-5-15(6-10-17)20-19(29(2)22(32)33-3)14-30(28-20)21(31)27-16-7-11-18(12-8-16)35-23(24,25)26/h5-12,19-20,28H,4,13-14H2,1-3H3,(H,27,31). The van der Waals surface area contributed by atoms with E-state index < -0.39 is 36.3 Å². The molecule has 1 heterocycles. The second kappa shape index (κ2) is 11.2. The molecule has 0 radical (unpaired) electrons. The van der Waals surface area contributed by atoms with E-state index in [1.807, 2.05) is 31.2 Å². The molecule has 12 heteroatoms. The van der Waals surface area contributed by atoms with Gasteiger partial charge >= 0.3 is 18.5 Å². The number of alkyl halides is 3. The van der Waals surface area contributed by atoms with Crippen LogP contribution >= 0.6 is 0 Å². The Labute approximate surface area is 200 Å². The quantitative estimate of drug-likeness (QED) is 0.585. The third-order valence-electron chi connectivity index (χ3n) is 5.31. The molecule has 2 aromatic carbocycles. The van der Waals surface area contributed by atoms with Crippen LogP contribution in [0.5, 0.6) is 11.5 Å². The summed E-state index contributed by atoms with van der Waals surface area (Å²) in [6.07, 6.45) is -4.49. The monoisotopic (exact) mass is 496 g/mol. The molecule has 1 saturated heterocycles. The molecule has 0 aromatic heterocycles. The minimum atomic E-state index is -4.81. The van der Waals surface area contributed by atoms with E-state index in [-0.39, 0.29) is 12.2 Å². The van der Waals surface area contributed by atoms with Crippen molar-refractivity contribution in [1.82, 2.24) is 15.3 Å². The maximum absolute atomic E-state index is 12.9. The Morgan fingerprint density at radius 1 is 1.11 bits per heavy atom. The highest BCUT2D eigenvalue weighted by Gasteiger charge is 2.40. The zero-order valence-corrected chi connectivity index (χ0v) is 19.5.